The Labute approximate surface area is 120 Å². The number of rotatable bonds is 5. The minimum Gasteiger partial charge on any atom is -0.467 e. The first kappa shape index (κ1) is 13.2. The summed E-state index contributed by atoms with van der Waals surface area (Å²) in [6, 6.07) is 8.80. The second-order valence-corrected chi connectivity index (χ2v) is 4.65. The van der Waals surface area contributed by atoms with E-state index in [1.54, 1.807) is 42.5 Å². The molecule has 0 spiro atoms. The summed E-state index contributed by atoms with van der Waals surface area (Å²) < 4.78 is 15.7. The van der Waals surface area contributed by atoms with E-state index < -0.39 is 0 Å². The first-order valence-electron chi connectivity index (χ1n) is 6.50. The van der Waals surface area contributed by atoms with Gasteiger partial charge in [0, 0.05) is 6.07 Å². The fraction of sp³-hybridized carbons (Fsp3) is 0.200. The third-order valence-electron chi connectivity index (χ3n) is 2.98. The van der Waals surface area contributed by atoms with Crippen LogP contribution in [0.25, 0.3) is 0 Å². The van der Waals surface area contributed by atoms with Crippen LogP contribution in [0.5, 0.6) is 0 Å². The van der Waals surface area contributed by atoms with Crippen LogP contribution in [0.3, 0.4) is 0 Å². The van der Waals surface area contributed by atoms with E-state index in [1.165, 1.54) is 0 Å². The van der Waals surface area contributed by atoms with E-state index >= 15 is 0 Å². The Kier molecular flexibility index (Phi) is 3.59. The van der Waals surface area contributed by atoms with E-state index in [9.17, 15) is 4.79 Å². The highest BCUT2D eigenvalue weighted by molar-refractivity contribution is 5.91. The van der Waals surface area contributed by atoms with E-state index in [1.807, 2.05) is 12.1 Å². The predicted molar refractivity (Wildman–Crippen MR) is 72.2 cm³/mol. The normalized spacial score (nSPS) is 10.7. The highest BCUT2D eigenvalue weighted by atomic mass is 16.5. The van der Waals surface area contributed by atoms with Crippen LogP contribution in [0.15, 0.2) is 56.2 Å². The van der Waals surface area contributed by atoms with Gasteiger partial charge in [0.05, 0.1) is 31.3 Å². The van der Waals surface area contributed by atoms with Gasteiger partial charge in [-0.25, -0.2) is 0 Å². The van der Waals surface area contributed by atoms with E-state index in [0.717, 1.165) is 0 Å². The topological polar surface area (TPSA) is 72.6 Å². The molecule has 0 radical (unpaired) electrons. The number of aryl methyl sites for hydroxylation is 1. The van der Waals surface area contributed by atoms with Gasteiger partial charge in [0.15, 0.2) is 0 Å². The molecule has 3 rings (SSSR count). The van der Waals surface area contributed by atoms with E-state index in [2.05, 4.69) is 5.16 Å². The molecule has 0 unspecified atom stereocenters. The Bertz CT molecular complexity index is 662. The first-order valence-corrected chi connectivity index (χ1v) is 6.50. The molecule has 0 aromatic carbocycles. The van der Waals surface area contributed by atoms with Crippen molar-refractivity contribution in [1.29, 1.82) is 0 Å². The lowest BCUT2D eigenvalue weighted by atomic mass is 10.3. The molecule has 3 heterocycles. The number of hydrogen-bond acceptors (Lipinski definition) is 5. The van der Waals surface area contributed by atoms with Crippen molar-refractivity contribution in [3.8, 4) is 0 Å². The van der Waals surface area contributed by atoms with Crippen molar-refractivity contribution in [2.24, 2.45) is 0 Å². The summed E-state index contributed by atoms with van der Waals surface area (Å²) in [4.78, 5) is 14.1. The van der Waals surface area contributed by atoms with Crippen molar-refractivity contribution in [2.75, 3.05) is 0 Å². The Morgan fingerprint density at radius 3 is 2.19 bits per heavy atom. The number of aromatic nitrogens is 1. The summed E-state index contributed by atoms with van der Waals surface area (Å²) in [5.74, 6) is 1.31. The monoisotopic (exact) mass is 286 g/mol. The van der Waals surface area contributed by atoms with Gasteiger partial charge in [-0.05, 0) is 31.2 Å². The summed E-state index contributed by atoms with van der Waals surface area (Å²) >= 11 is 0. The van der Waals surface area contributed by atoms with Crippen molar-refractivity contribution < 1.29 is 18.2 Å². The lowest BCUT2D eigenvalue weighted by Gasteiger charge is -2.18. The van der Waals surface area contributed by atoms with Crippen molar-refractivity contribution >= 4 is 5.91 Å². The molecule has 0 aliphatic carbocycles. The molecule has 0 saturated carbocycles. The van der Waals surface area contributed by atoms with Crippen molar-refractivity contribution in [1.82, 2.24) is 10.1 Å². The maximum absolute atomic E-state index is 12.5. The molecule has 0 N–H and O–H groups in total. The average Bonchev–Trinajstić information content (AvgIpc) is 3.19. The van der Waals surface area contributed by atoms with Crippen LogP contribution in [-0.4, -0.2) is 16.0 Å². The van der Waals surface area contributed by atoms with Gasteiger partial charge >= 0.3 is 0 Å². The maximum atomic E-state index is 12.5. The van der Waals surface area contributed by atoms with Crippen LogP contribution in [-0.2, 0) is 13.1 Å². The highest BCUT2D eigenvalue weighted by Gasteiger charge is 2.22. The summed E-state index contributed by atoms with van der Waals surface area (Å²) in [5.41, 5.74) is 0.661. The smallest absolute Gasteiger partial charge is 0.293 e. The molecule has 1 amide bonds. The van der Waals surface area contributed by atoms with Gasteiger partial charge in [-0.2, -0.15) is 0 Å². The van der Waals surface area contributed by atoms with Crippen LogP contribution in [0.1, 0.15) is 27.8 Å². The molecular weight excluding hydrogens is 272 g/mol. The molecule has 0 saturated heterocycles. The van der Waals surface area contributed by atoms with Gasteiger partial charge in [-0.3, -0.25) is 4.79 Å². The number of nitrogens with zero attached hydrogens (tertiary/aromatic N) is 2. The van der Waals surface area contributed by atoms with Gasteiger partial charge < -0.3 is 18.3 Å². The van der Waals surface area contributed by atoms with Crippen molar-refractivity contribution in [3.63, 3.8) is 0 Å². The van der Waals surface area contributed by atoms with Crippen LogP contribution in [0.4, 0.5) is 0 Å². The Morgan fingerprint density at radius 1 is 1.14 bits per heavy atom. The second-order valence-electron chi connectivity index (χ2n) is 4.65. The number of hydrogen-bond donors (Lipinski definition) is 0. The number of amides is 1. The van der Waals surface area contributed by atoms with E-state index in [4.69, 9.17) is 13.4 Å². The third kappa shape index (κ3) is 3.05. The lowest BCUT2D eigenvalue weighted by molar-refractivity contribution is 0.0662. The van der Waals surface area contributed by atoms with Crippen LogP contribution >= 0.6 is 0 Å². The first-order chi connectivity index (χ1) is 10.2. The quantitative estimate of drug-likeness (QED) is 0.721. The standard InChI is InChI=1S/C15H14N2O4/c1-11-8-14(21-16-11)15(18)17(9-12-4-2-6-19-12)10-13-5-3-7-20-13/h2-8H,9-10H2,1H3. The SMILES string of the molecule is Cc1cc(C(=O)N(Cc2ccco2)Cc2ccco2)on1. The number of carbonyl (C=O) groups excluding carboxylic acids is 1. The zero-order valence-corrected chi connectivity index (χ0v) is 11.5. The fourth-order valence-electron chi connectivity index (χ4n) is 2.00. The minimum absolute atomic E-state index is 0.200. The summed E-state index contributed by atoms with van der Waals surface area (Å²) in [5, 5.41) is 3.74. The Hall–Kier alpha value is -2.76. The fourth-order valence-corrected chi connectivity index (χ4v) is 2.00. The molecule has 0 aliphatic rings. The molecule has 0 bridgehead atoms. The second kappa shape index (κ2) is 5.70. The number of carbonyl (C=O) groups is 1. The van der Waals surface area contributed by atoms with Gasteiger partial charge in [-0.15, -0.1) is 0 Å². The van der Waals surface area contributed by atoms with Crippen LogP contribution < -0.4 is 0 Å². The number of furan rings is 2. The summed E-state index contributed by atoms with van der Waals surface area (Å²) in [6.07, 6.45) is 3.15. The summed E-state index contributed by atoms with van der Waals surface area (Å²) in [7, 11) is 0. The molecule has 6 heteroatoms. The predicted octanol–water partition coefficient (Wildman–Crippen LogP) is 3.01. The van der Waals surface area contributed by atoms with E-state index in [-0.39, 0.29) is 11.7 Å². The van der Waals surface area contributed by atoms with Crippen molar-refractivity contribution in [3.05, 3.63) is 65.8 Å². The van der Waals surface area contributed by atoms with Gasteiger partial charge in [-0.1, -0.05) is 5.16 Å². The van der Waals surface area contributed by atoms with Crippen molar-refractivity contribution in [2.45, 2.75) is 20.0 Å². The van der Waals surface area contributed by atoms with Crippen LogP contribution in [0.2, 0.25) is 0 Å². The minimum atomic E-state index is -0.261. The average molecular weight is 286 g/mol. The molecule has 3 aromatic rings. The maximum Gasteiger partial charge on any atom is 0.293 e. The molecule has 0 fully saturated rings. The zero-order valence-electron chi connectivity index (χ0n) is 11.5. The lowest BCUT2D eigenvalue weighted by Crippen LogP contribution is -2.29. The molecule has 0 atom stereocenters. The summed E-state index contributed by atoms with van der Waals surface area (Å²) in [6.45, 7) is 2.42. The molecule has 3 aromatic heterocycles. The van der Waals surface area contributed by atoms with Gasteiger partial charge in [0.2, 0.25) is 5.76 Å². The molecule has 0 aliphatic heterocycles. The zero-order chi connectivity index (χ0) is 14.7. The molecule has 108 valence electrons. The van der Waals surface area contributed by atoms with E-state index in [0.29, 0.717) is 30.3 Å². The molecular formula is C15H14N2O4. The van der Waals surface area contributed by atoms with Gasteiger partial charge in [0.1, 0.15) is 11.5 Å². The highest BCUT2D eigenvalue weighted by Crippen LogP contribution is 2.15. The third-order valence-corrected chi connectivity index (χ3v) is 2.98. The van der Waals surface area contributed by atoms with Gasteiger partial charge in [0.25, 0.3) is 5.91 Å². The molecule has 21 heavy (non-hydrogen) atoms. The molecule has 6 nitrogen and oxygen atoms in total. The Balaban J connectivity index is 1.82. The Morgan fingerprint density at radius 2 is 1.76 bits per heavy atom. The van der Waals surface area contributed by atoms with Crippen LogP contribution in [0, 0.1) is 6.92 Å². The largest absolute Gasteiger partial charge is 0.467 e.